The summed E-state index contributed by atoms with van der Waals surface area (Å²) in [7, 11) is 0. The zero-order valence-electron chi connectivity index (χ0n) is 10.9. The molecule has 0 bridgehead atoms. The fourth-order valence-electron chi connectivity index (χ4n) is 1.88. The van der Waals surface area contributed by atoms with E-state index in [1.165, 1.54) is 17.1 Å². The van der Waals surface area contributed by atoms with Crippen molar-refractivity contribution in [1.29, 1.82) is 0 Å². The Morgan fingerprint density at radius 2 is 1.72 bits per heavy atom. The maximum Gasteiger partial charge on any atom is 0.0765 e. The lowest BCUT2D eigenvalue weighted by Gasteiger charge is -2.36. The molecule has 0 amide bonds. The van der Waals surface area contributed by atoms with E-state index in [2.05, 4.69) is 26.8 Å². The summed E-state index contributed by atoms with van der Waals surface area (Å²) in [5.41, 5.74) is 1.61. The average Bonchev–Trinajstić information content (AvgIpc) is 2.28. The Hall–Kier alpha value is 0.500. The first kappa shape index (κ1) is 14.9. The number of hydrogen-bond acceptors (Lipinski definition) is 2. The summed E-state index contributed by atoms with van der Waals surface area (Å²) < 4.78 is 0.452. The standard InChI is InChI=1S/C14H18Cl2S2/c1-14(2,3)9-7-17-13(18-8-9)11-5-4-10(15)6-12(11)16/h4-6,9,13H,7-8H2,1-3H3/t9-,13-. The zero-order chi connectivity index (χ0) is 13.3. The van der Waals surface area contributed by atoms with Gasteiger partial charge >= 0.3 is 0 Å². The molecule has 0 N–H and O–H groups in total. The van der Waals surface area contributed by atoms with Gasteiger partial charge in [0.1, 0.15) is 0 Å². The molecule has 1 fully saturated rings. The molecule has 0 aromatic heterocycles. The van der Waals surface area contributed by atoms with Crippen molar-refractivity contribution >= 4 is 46.7 Å². The maximum absolute atomic E-state index is 6.28. The predicted molar refractivity (Wildman–Crippen MR) is 87.1 cm³/mol. The lowest BCUT2D eigenvalue weighted by molar-refractivity contribution is 0.292. The van der Waals surface area contributed by atoms with Crippen LogP contribution in [-0.4, -0.2) is 11.5 Å². The van der Waals surface area contributed by atoms with Crippen LogP contribution in [0.2, 0.25) is 10.0 Å². The van der Waals surface area contributed by atoms with E-state index in [9.17, 15) is 0 Å². The highest BCUT2D eigenvalue weighted by Crippen LogP contribution is 2.50. The molecular formula is C14H18Cl2S2. The minimum absolute atomic E-state index is 0.398. The van der Waals surface area contributed by atoms with Gasteiger partial charge in [0.2, 0.25) is 0 Å². The first-order valence-corrected chi connectivity index (χ1v) is 8.91. The van der Waals surface area contributed by atoms with Crippen molar-refractivity contribution in [2.75, 3.05) is 11.5 Å². The van der Waals surface area contributed by atoms with E-state index in [1.807, 2.05) is 35.7 Å². The maximum atomic E-state index is 6.28. The van der Waals surface area contributed by atoms with Crippen molar-refractivity contribution in [2.24, 2.45) is 11.3 Å². The largest absolute Gasteiger partial charge is 0.142 e. The van der Waals surface area contributed by atoms with Crippen molar-refractivity contribution in [3.05, 3.63) is 33.8 Å². The minimum Gasteiger partial charge on any atom is -0.142 e. The third kappa shape index (κ3) is 3.53. The van der Waals surface area contributed by atoms with Crippen LogP contribution in [0.4, 0.5) is 0 Å². The SMILES string of the molecule is CC(C)(C)[C@H]1CS[C@H](c2ccc(Cl)cc2Cl)SC1. The van der Waals surface area contributed by atoms with Crippen molar-refractivity contribution in [3.63, 3.8) is 0 Å². The van der Waals surface area contributed by atoms with Crippen molar-refractivity contribution in [1.82, 2.24) is 0 Å². The Morgan fingerprint density at radius 3 is 2.22 bits per heavy atom. The van der Waals surface area contributed by atoms with Crippen LogP contribution in [0.25, 0.3) is 0 Å². The number of thioether (sulfide) groups is 2. The molecule has 18 heavy (non-hydrogen) atoms. The molecule has 1 aliphatic heterocycles. The molecule has 2 rings (SSSR count). The highest BCUT2D eigenvalue weighted by Gasteiger charge is 2.31. The lowest BCUT2D eigenvalue weighted by atomic mass is 9.83. The number of rotatable bonds is 1. The van der Waals surface area contributed by atoms with Crippen LogP contribution in [-0.2, 0) is 0 Å². The van der Waals surface area contributed by atoms with E-state index >= 15 is 0 Å². The molecular weight excluding hydrogens is 303 g/mol. The van der Waals surface area contributed by atoms with E-state index in [1.54, 1.807) is 0 Å². The van der Waals surface area contributed by atoms with Crippen LogP contribution in [0.15, 0.2) is 18.2 Å². The van der Waals surface area contributed by atoms with E-state index in [0.717, 1.165) is 10.9 Å². The third-order valence-electron chi connectivity index (χ3n) is 3.34. The molecule has 0 nitrogen and oxygen atoms in total. The van der Waals surface area contributed by atoms with Gasteiger partial charge in [-0.2, -0.15) is 0 Å². The van der Waals surface area contributed by atoms with E-state index < -0.39 is 0 Å². The first-order valence-electron chi connectivity index (χ1n) is 6.06. The van der Waals surface area contributed by atoms with Crippen LogP contribution in [0, 0.1) is 11.3 Å². The quantitative estimate of drug-likeness (QED) is 0.610. The second kappa shape index (κ2) is 5.87. The van der Waals surface area contributed by atoms with Crippen molar-refractivity contribution < 1.29 is 0 Å². The zero-order valence-corrected chi connectivity index (χ0v) is 14.0. The Morgan fingerprint density at radius 1 is 1.11 bits per heavy atom. The molecule has 0 radical (unpaired) electrons. The second-order valence-electron chi connectivity index (χ2n) is 5.73. The second-order valence-corrected chi connectivity index (χ2v) is 9.15. The van der Waals surface area contributed by atoms with Crippen LogP contribution >= 0.6 is 46.7 Å². The summed E-state index contributed by atoms with van der Waals surface area (Å²) in [5, 5.41) is 1.50. The molecule has 100 valence electrons. The summed E-state index contributed by atoms with van der Waals surface area (Å²) in [6.45, 7) is 6.98. The highest BCUT2D eigenvalue weighted by molar-refractivity contribution is 8.16. The molecule has 4 heteroatoms. The van der Waals surface area contributed by atoms with Gasteiger partial charge in [-0.1, -0.05) is 50.0 Å². The molecule has 0 spiro atoms. The van der Waals surface area contributed by atoms with E-state index in [0.29, 0.717) is 15.0 Å². The van der Waals surface area contributed by atoms with Crippen LogP contribution in [0.1, 0.15) is 30.9 Å². The van der Waals surface area contributed by atoms with Gasteiger partial charge in [-0.3, -0.25) is 0 Å². The normalized spacial score (nSPS) is 25.2. The number of halogens is 2. The Kier molecular flexibility index (Phi) is 4.86. The van der Waals surface area contributed by atoms with Crippen molar-refractivity contribution in [3.8, 4) is 0 Å². The molecule has 1 aliphatic rings. The topological polar surface area (TPSA) is 0 Å². The average molecular weight is 321 g/mol. The lowest BCUT2D eigenvalue weighted by Crippen LogP contribution is -2.28. The van der Waals surface area contributed by atoms with Gasteiger partial charge in [-0.15, -0.1) is 23.5 Å². The molecule has 1 saturated heterocycles. The van der Waals surface area contributed by atoms with E-state index in [4.69, 9.17) is 23.2 Å². The molecule has 0 atom stereocenters. The molecule has 1 aromatic carbocycles. The van der Waals surface area contributed by atoms with Gasteiger partial charge in [0.05, 0.1) is 4.58 Å². The van der Waals surface area contributed by atoms with E-state index in [-0.39, 0.29) is 0 Å². The summed E-state index contributed by atoms with van der Waals surface area (Å²) in [5.74, 6) is 3.19. The van der Waals surface area contributed by atoms with Gasteiger partial charge in [-0.25, -0.2) is 0 Å². The van der Waals surface area contributed by atoms with Crippen LogP contribution < -0.4 is 0 Å². The Bertz CT molecular complexity index is 418. The van der Waals surface area contributed by atoms with Crippen LogP contribution in [0.5, 0.6) is 0 Å². The highest BCUT2D eigenvalue weighted by atomic mass is 35.5. The van der Waals surface area contributed by atoms with Gasteiger partial charge in [-0.05, 0) is 40.5 Å². The van der Waals surface area contributed by atoms with Crippen molar-refractivity contribution in [2.45, 2.75) is 25.4 Å². The summed E-state index contributed by atoms with van der Waals surface area (Å²) >= 11 is 16.2. The smallest absolute Gasteiger partial charge is 0.0765 e. The molecule has 0 unspecified atom stereocenters. The Labute approximate surface area is 128 Å². The minimum atomic E-state index is 0.398. The van der Waals surface area contributed by atoms with Crippen LogP contribution in [0.3, 0.4) is 0 Å². The first-order chi connectivity index (χ1) is 8.38. The molecule has 1 aromatic rings. The summed E-state index contributed by atoms with van der Waals surface area (Å²) in [4.78, 5) is 0. The molecule has 1 heterocycles. The van der Waals surface area contributed by atoms with Gasteiger partial charge in [0.15, 0.2) is 0 Å². The number of benzene rings is 1. The monoisotopic (exact) mass is 320 g/mol. The molecule has 0 aliphatic carbocycles. The summed E-state index contributed by atoms with van der Waals surface area (Å²) in [6, 6.07) is 5.84. The Balaban J connectivity index is 2.06. The fraction of sp³-hybridized carbons (Fsp3) is 0.571. The fourth-order valence-corrected chi connectivity index (χ4v) is 6.35. The number of hydrogen-bond donors (Lipinski definition) is 0. The molecule has 0 saturated carbocycles. The van der Waals surface area contributed by atoms with Gasteiger partial charge in [0.25, 0.3) is 0 Å². The predicted octanol–water partition coefficient (Wildman–Crippen LogP) is 6.13. The summed E-state index contributed by atoms with van der Waals surface area (Å²) in [6.07, 6.45) is 0. The van der Waals surface area contributed by atoms with Gasteiger partial charge in [0, 0.05) is 10.0 Å². The van der Waals surface area contributed by atoms with Gasteiger partial charge < -0.3 is 0 Å². The third-order valence-corrected chi connectivity index (χ3v) is 7.02.